The van der Waals surface area contributed by atoms with Gasteiger partial charge in [0.1, 0.15) is 5.54 Å². The molecule has 3 heteroatoms. The van der Waals surface area contributed by atoms with E-state index in [2.05, 4.69) is 36.5 Å². The molecule has 0 bridgehead atoms. The van der Waals surface area contributed by atoms with Gasteiger partial charge in [-0.2, -0.15) is 5.26 Å². The number of hydrogen-bond acceptors (Lipinski definition) is 3. The second kappa shape index (κ2) is 7.87. The minimum Gasteiger partial charge on any atom is -0.300 e. The Morgan fingerprint density at radius 2 is 2.14 bits per heavy atom. The minimum atomic E-state index is -0.367. The molecule has 1 aliphatic carbocycles. The summed E-state index contributed by atoms with van der Waals surface area (Å²) in [7, 11) is 0. The van der Waals surface area contributed by atoms with Gasteiger partial charge in [-0.05, 0) is 81.0 Å². The first-order chi connectivity index (χ1) is 10.2. The van der Waals surface area contributed by atoms with Gasteiger partial charge in [0.2, 0.25) is 0 Å². The van der Waals surface area contributed by atoms with Crippen molar-refractivity contribution in [2.24, 2.45) is 0 Å². The molecule has 21 heavy (non-hydrogen) atoms. The zero-order valence-corrected chi connectivity index (χ0v) is 14.1. The molecule has 1 aromatic rings. The van der Waals surface area contributed by atoms with Crippen LogP contribution in [0.5, 0.6) is 0 Å². The van der Waals surface area contributed by atoms with E-state index in [9.17, 15) is 5.26 Å². The van der Waals surface area contributed by atoms with Crippen LogP contribution in [0.4, 0.5) is 0 Å². The van der Waals surface area contributed by atoms with Gasteiger partial charge in [-0.25, -0.2) is 0 Å². The lowest BCUT2D eigenvalue weighted by molar-refractivity contribution is 0.415. The zero-order valence-electron chi connectivity index (χ0n) is 13.2. The van der Waals surface area contributed by atoms with Gasteiger partial charge in [0.05, 0.1) is 6.07 Å². The van der Waals surface area contributed by atoms with Gasteiger partial charge in [0, 0.05) is 4.90 Å². The van der Waals surface area contributed by atoms with Crippen molar-refractivity contribution in [1.29, 1.82) is 5.26 Å². The van der Waals surface area contributed by atoms with Gasteiger partial charge < -0.3 is 0 Å². The van der Waals surface area contributed by atoms with Crippen LogP contribution in [-0.2, 0) is 12.8 Å². The van der Waals surface area contributed by atoms with Crippen molar-refractivity contribution in [3.63, 3.8) is 0 Å². The van der Waals surface area contributed by atoms with E-state index < -0.39 is 0 Å². The Morgan fingerprint density at radius 3 is 2.90 bits per heavy atom. The van der Waals surface area contributed by atoms with E-state index in [-0.39, 0.29) is 5.54 Å². The molecule has 1 aliphatic rings. The third kappa shape index (κ3) is 4.76. The van der Waals surface area contributed by atoms with Gasteiger partial charge in [0.25, 0.3) is 0 Å². The van der Waals surface area contributed by atoms with E-state index >= 15 is 0 Å². The maximum Gasteiger partial charge on any atom is 0.103 e. The van der Waals surface area contributed by atoms with Gasteiger partial charge >= 0.3 is 0 Å². The second-order valence-electron chi connectivity index (χ2n) is 6.11. The molecule has 0 radical (unpaired) electrons. The number of nitriles is 1. The Kier molecular flexibility index (Phi) is 6.14. The van der Waals surface area contributed by atoms with Crippen LogP contribution in [0.25, 0.3) is 0 Å². The Balaban J connectivity index is 1.75. The summed E-state index contributed by atoms with van der Waals surface area (Å²) in [6.45, 7) is 5.07. The Morgan fingerprint density at radius 1 is 1.33 bits per heavy atom. The summed E-state index contributed by atoms with van der Waals surface area (Å²) in [6.07, 6.45) is 6.87. The van der Waals surface area contributed by atoms with Crippen LogP contribution in [0, 0.1) is 11.3 Å². The lowest BCUT2D eigenvalue weighted by atomic mass is 9.98. The van der Waals surface area contributed by atoms with E-state index in [1.165, 1.54) is 24.2 Å². The molecular formula is C18H26N2S. The van der Waals surface area contributed by atoms with Crippen LogP contribution in [0.15, 0.2) is 23.1 Å². The van der Waals surface area contributed by atoms with Crippen LogP contribution >= 0.6 is 11.8 Å². The van der Waals surface area contributed by atoms with Gasteiger partial charge in [-0.15, -0.1) is 11.8 Å². The first-order valence-corrected chi connectivity index (χ1v) is 9.06. The molecule has 114 valence electrons. The highest BCUT2D eigenvalue weighted by Gasteiger charge is 2.21. The predicted molar refractivity (Wildman–Crippen MR) is 90.7 cm³/mol. The lowest BCUT2D eigenvalue weighted by Gasteiger charge is -2.22. The van der Waals surface area contributed by atoms with E-state index in [4.69, 9.17) is 0 Å². The third-order valence-electron chi connectivity index (χ3n) is 4.17. The predicted octanol–water partition coefficient (Wildman–Crippen LogP) is 4.33. The fourth-order valence-corrected chi connectivity index (χ4v) is 3.75. The average Bonchev–Trinajstić information content (AvgIpc) is 2.97. The zero-order chi connectivity index (χ0) is 15.1. The maximum atomic E-state index is 9.31. The normalized spacial score (nSPS) is 16.2. The Bertz CT molecular complexity index is 506. The van der Waals surface area contributed by atoms with Crippen molar-refractivity contribution in [2.75, 3.05) is 12.3 Å². The SMILES string of the molecule is CCCNC(C)(C#N)CCCSc1ccc2c(c1)CCC2. The first-order valence-electron chi connectivity index (χ1n) is 8.08. The van der Waals surface area contributed by atoms with E-state index in [0.717, 1.165) is 31.6 Å². The minimum absolute atomic E-state index is 0.367. The highest BCUT2D eigenvalue weighted by molar-refractivity contribution is 7.99. The molecule has 2 rings (SSSR count). The van der Waals surface area contributed by atoms with Gasteiger partial charge in [-0.3, -0.25) is 5.32 Å². The summed E-state index contributed by atoms with van der Waals surface area (Å²) in [4.78, 5) is 1.39. The van der Waals surface area contributed by atoms with Crippen LogP contribution in [0.2, 0.25) is 0 Å². The number of hydrogen-bond donors (Lipinski definition) is 1. The monoisotopic (exact) mass is 302 g/mol. The van der Waals surface area contributed by atoms with Crippen LogP contribution in [0.3, 0.4) is 0 Å². The third-order valence-corrected chi connectivity index (χ3v) is 5.25. The number of aryl methyl sites for hydroxylation is 2. The Hall–Kier alpha value is -0.980. The summed E-state index contributed by atoms with van der Waals surface area (Å²) < 4.78 is 0. The summed E-state index contributed by atoms with van der Waals surface area (Å²) >= 11 is 1.92. The molecule has 0 fully saturated rings. The first kappa shape index (κ1) is 16.4. The van der Waals surface area contributed by atoms with Crippen molar-refractivity contribution >= 4 is 11.8 Å². The molecule has 0 spiro atoms. The molecule has 0 amide bonds. The molecule has 1 atom stereocenters. The molecule has 0 heterocycles. The van der Waals surface area contributed by atoms with Crippen molar-refractivity contribution in [3.05, 3.63) is 29.3 Å². The van der Waals surface area contributed by atoms with Gasteiger partial charge in [0.15, 0.2) is 0 Å². The van der Waals surface area contributed by atoms with Crippen LogP contribution < -0.4 is 5.32 Å². The molecule has 0 saturated carbocycles. The van der Waals surface area contributed by atoms with Gasteiger partial charge in [-0.1, -0.05) is 13.0 Å². The fourth-order valence-electron chi connectivity index (χ4n) is 2.84. The molecular weight excluding hydrogens is 276 g/mol. The summed E-state index contributed by atoms with van der Waals surface area (Å²) in [5, 5.41) is 12.7. The summed E-state index contributed by atoms with van der Waals surface area (Å²) in [5.41, 5.74) is 2.72. The summed E-state index contributed by atoms with van der Waals surface area (Å²) in [6, 6.07) is 9.35. The second-order valence-corrected chi connectivity index (χ2v) is 7.28. The lowest BCUT2D eigenvalue weighted by Crippen LogP contribution is -2.41. The summed E-state index contributed by atoms with van der Waals surface area (Å²) in [5.74, 6) is 1.09. The highest BCUT2D eigenvalue weighted by Crippen LogP contribution is 2.28. The van der Waals surface area contributed by atoms with E-state index in [1.807, 2.05) is 18.7 Å². The molecule has 2 nitrogen and oxygen atoms in total. The molecule has 0 aliphatic heterocycles. The molecule has 1 unspecified atom stereocenters. The highest BCUT2D eigenvalue weighted by atomic mass is 32.2. The topological polar surface area (TPSA) is 35.8 Å². The fraction of sp³-hybridized carbons (Fsp3) is 0.611. The number of rotatable bonds is 8. The number of thioether (sulfide) groups is 1. The largest absolute Gasteiger partial charge is 0.300 e. The van der Waals surface area contributed by atoms with Crippen LogP contribution in [0.1, 0.15) is 50.7 Å². The van der Waals surface area contributed by atoms with Crippen molar-refractivity contribution in [2.45, 2.75) is 62.8 Å². The van der Waals surface area contributed by atoms with Crippen molar-refractivity contribution in [3.8, 4) is 6.07 Å². The van der Waals surface area contributed by atoms with E-state index in [1.54, 1.807) is 11.1 Å². The standard InChI is InChI=1S/C18H26N2S/c1-3-11-20-18(2,14-19)10-5-12-21-17-9-8-15-6-4-7-16(15)13-17/h8-9,13,20H,3-7,10-12H2,1-2H3. The number of benzene rings is 1. The number of nitrogens with one attached hydrogen (secondary N) is 1. The quantitative estimate of drug-likeness (QED) is 0.573. The molecule has 1 N–H and O–H groups in total. The van der Waals surface area contributed by atoms with E-state index in [0.29, 0.717) is 0 Å². The van der Waals surface area contributed by atoms with Crippen molar-refractivity contribution in [1.82, 2.24) is 5.32 Å². The molecule has 0 saturated heterocycles. The molecule has 1 aromatic carbocycles. The Labute approximate surface area is 133 Å². The maximum absolute atomic E-state index is 9.31. The number of nitrogens with zero attached hydrogens (tertiary/aromatic N) is 1. The van der Waals surface area contributed by atoms with Crippen LogP contribution in [-0.4, -0.2) is 17.8 Å². The number of fused-ring (bicyclic) bond motifs is 1. The molecule has 0 aromatic heterocycles. The van der Waals surface area contributed by atoms with Crippen molar-refractivity contribution < 1.29 is 0 Å². The average molecular weight is 302 g/mol. The smallest absolute Gasteiger partial charge is 0.103 e.